The molecule has 9 aromatic rings. The monoisotopic (exact) mass is 610 g/mol. The van der Waals surface area contributed by atoms with Crippen molar-refractivity contribution in [2.24, 2.45) is 0 Å². The van der Waals surface area contributed by atoms with Crippen LogP contribution in [0.15, 0.2) is 158 Å². The molecule has 0 aliphatic rings. The van der Waals surface area contributed by atoms with Gasteiger partial charge in [0.2, 0.25) is 0 Å². The number of nitriles is 2. The van der Waals surface area contributed by atoms with Gasteiger partial charge in [0.15, 0.2) is 0 Å². The van der Waals surface area contributed by atoms with Crippen LogP contribution in [0, 0.1) is 22.7 Å². The van der Waals surface area contributed by atoms with Gasteiger partial charge in [-0.3, -0.25) is 0 Å². The highest BCUT2D eigenvalue weighted by atomic mass is 15.0. The Morgan fingerprint density at radius 3 is 1.27 bits per heavy atom. The Hall–Kier alpha value is -6.88. The van der Waals surface area contributed by atoms with Gasteiger partial charge in [0.1, 0.15) is 6.07 Å². The van der Waals surface area contributed by atoms with Crippen LogP contribution < -0.4 is 0 Å². The predicted molar refractivity (Wildman–Crippen MR) is 195 cm³/mol. The zero-order chi connectivity index (χ0) is 32.2. The fourth-order valence-corrected chi connectivity index (χ4v) is 7.25. The van der Waals surface area contributed by atoms with Crippen molar-refractivity contribution in [1.29, 1.82) is 10.5 Å². The normalized spacial score (nSPS) is 11.3. The summed E-state index contributed by atoms with van der Waals surface area (Å²) in [6.07, 6.45) is 0. The number of para-hydroxylation sites is 4. The molecule has 0 aliphatic heterocycles. The number of nitrogens with zero attached hydrogens (tertiary/aromatic N) is 4. The molecule has 2 aromatic heterocycles. The van der Waals surface area contributed by atoms with E-state index in [2.05, 4.69) is 143 Å². The van der Waals surface area contributed by atoms with E-state index in [0.717, 1.165) is 55.4 Å². The van der Waals surface area contributed by atoms with E-state index in [-0.39, 0.29) is 0 Å². The summed E-state index contributed by atoms with van der Waals surface area (Å²) in [5.41, 5.74) is 11.2. The lowest BCUT2D eigenvalue weighted by atomic mass is 9.95. The number of fused-ring (bicyclic) bond motifs is 6. The summed E-state index contributed by atoms with van der Waals surface area (Å²) < 4.78 is 4.49. The molecule has 0 aliphatic carbocycles. The van der Waals surface area contributed by atoms with Gasteiger partial charge in [-0.15, -0.1) is 0 Å². The minimum atomic E-state index is 0.454. The Morgan fingerprint density at radius 2 is 0.812 bits per heavy atom. The number of hydrogen-bond donors (Lipinski definition) is 0. The lowest BCUT2D eigenvalue weighted by Gasteiger charge is -2.17. The Balaban J connectivity index is 1.16. The molecule has 0 unspecified atom stereocenters. The number of hydrogen-bond acceptors (Lipinski definition) is 2. The van der Waals surface area contributed by atoms with Crippen LogP contribution in [-0.4, -0.2) is 9.13 Å². The van der Waals surface area contributed by atoms with Crippen LogP contribution in [0.4, 0.5) is 0 Å². The molecular formula is C44H26N4. The lowest BCUT2D eigenvalue weighted by Crippen LogP contribution is -2.02. The van der Waals surface area contributed by atoms with Gasteiger partial charge in [-0.1, -0.05) is 109 Å². The molecule has 7 aromatic carbocycles. The predicted octanol–water partition coefficient (Wildman–Crippen LogP) is 11.0. The van der Waals surface area contributed by atoms with Gasteiger partial charge in [-0.2, -0.15) is 10.5 Å². The van der Waals surface area contributed by atoms with E-state index in [9.17, 15) is 10.5 Å². The highest BCUT2D eigenvalue weighted by Crippen LogP contribution is 2.39. The second-order valence-electron chi connectivity index (χ2n) is 12.0. The summed E-state index contributed by atoms with van der Waals surface area (Å²) >= 11 is 0. The highest BCUT2D eigenvalue weighted by Gasteiger charge is 2.20. The zero-order valence-electron chi connectivity index (χ0n) is 25.8. The first kappa shape index (κ1) is 27.4. The maximum absolute atomic E-state index is 10.4. The smallest absolute Gasteiger partial charge is 0.101 e. The van der Waals surface area contributed by atoms with Crippen LogP contribution in [0.5, 0.6) is 0 Å². The number of benzene rings is 7. The van der Waals surface area contributed by atoms with Gasteiger partial charge >= 0.3 is 0 Å². The molecule has 2 heterocycles. The van der Waals surface area contributed by atoms with E-state index in [0.29, 0.717) is 11.1 Å². The summed E-state index contributed by atoms with van der Waals surface area (Å²) in [4.78, 5) is 0. The molecule has 0 spiro atoms. The molecule has 4 nitrogen and oxygen atoms in total. The molecule has 0 saturated carbocycles. The van der Waals surface area contributed by atoms with Crippen molar-refractivity contribution in [3.8, 4) is 45.8 Å². The lowest BCUT2D eigenvalue weighted by molar-refractivity contribution is 1.17. The largest absolute Gasteiger partial charge is 0.309 e. The molecule has 4 heteroatoms. The molecule has 0 bridgehead atoms. The third-order valence-electron chi connectivity index (χ3n) is 9.40. The Bertz CT molecular complexity index is 2680. The third-order valence-corrected chi connectivity index (χ3v) is 9.40. The molecular weight excluding hydrogens is 585 g/mol. The van der Waals surface area contributed by atoms with Crippen molar-refractivity contribution in [3.63, 3.8) is 0 Å². The van der Waals surface area contributed by atoms with Crippen LogP contribution >= 0.6 is 0 Å². The van der Waals surface area contributed by atoms with Crippen LogP contribution in [0.3, 0.4) is 0 Å². The average Bonchev–Trinajstić information content (AvgIpc) is 3.67. The average molecular weight is 611 g/mol. The van der Waals surface area contributed by atoms with Gasteiger partial charge in [0.05, 0.1) is 45.0 Å². The van der Waals surface area contributed by atoms with Crippen LogP contribution in [-0.2, 0) is 0 Å². The first-order valence-electron chi connectivity index (χ1n) is 15.9. The molecule has 0 radical (unpaired) electrons. The Kier molecular flexibility index (Phi) is 6.22. The summed E-state index contributed by atoms with van der Waals surface area (Å²) in [5.74, 6) is 0. The van der Waals surface area contributed by atoms with Crippen molar-refractivity contribution in [2.75, 3.05) is 0 Å². The fraction of sp³-hybridized carbons (Fsp3) is 0. The molecule has 0 fully saturated rings. The van der Waals surface area contributed by atoms with Crippen molar-refractivity contribution >= 4 is 43.6 Å². The van der Waals surface area contributed by atoms with Gasteiger partial charge in [-0.25, -0.2) is 0 Å². The molecule has 9 rings (SSSR count). The Labute approximate surface area is 277 Å². The maximum Gasteiger partial charge on any atom is 0.101 e. The standard InChI is InChI=1S/C44H26N4/c45-27-29-25-33(28-46)44(48-42-15-7-3-11-37(42)38-12-4-8-16-43(38)48)39(26-29)32-19-17-30(18-20-32)31-21-23-34(24-22-31)47-40-13-5-1-9-35(40)36-10-2-6-14-41(36)47/h1-26H. The minimum absolute atomic E-state index is 0.454. The second-order valence-corrected chi connectivity index (χ2v) is 12.0. The van der Waals surface area contributed by atoms with Gasteiger partial charge in [0, 0.05) is 32.8 Å². The van der Waals surface area contributed by atoms with E-state index >= 15 is 0 Å². The molecule has 0 N–H and O–H groups in total. The fourth-order valence-electron chi connectivity index (χ4n) is 7.25. The summed E-state index contributed by atoms with van der Waals surface area (Å²) in [7, 11) is 0. The number of rotatable bonds is 4. The van der Waals surface area contributed by atoms with Crippen LogP contribution in [0.2, 0.25) is 0 Å². The first-order valence-corrected chi connectivity index (χ1v) is 15.9. The molecule has 0 atom stereocenters. The topological polar surface area (TPSA) is 57.4 Å². The highest BCUT2D eigenvalue weighted by molar-refractivity contribution is 6.10. The van der Waals surface area contributed by atoms with Crippen LogP contribution in [0.1, 0.15) is 11.1 Å². The van der Waals surface area contributed by atoms with E-state index in [1.807, 2.05) is 30.3 Å². The molecule has 0 saturated heterocycles. The summed E-state index contributed by atoms with van der Waals surface area (Å²) in [5, 5.41) is 25.0. The third kappa shape index (κ3) is 4.14. The maximum atomic E-state index is 10.4. The second kappa shape index (κ2) is 10.9. The minimum Gasteiger partial charge on any atom is -0.309 e. The van der Waals surface area contributed by atoms with Crippen molar-refractivity contribution in [3.05, 3.63) is 169 Å². The van der Waals surface area contributed by atoms with Crippen molar-refractivity contribution in [1.82, 2.24) is 9.13 Å². The number of aromatic nitrogens is 2. The zero-order valence-corrected chi connectivity index (χ0v) is 25.8. The SMILES string of the molecule is N#Cc1cc(C#N)c(-n2c3ccccc3c3ccccc32)c(-c2ccc(-c3ccc(-n4c5ccccc5c5ccccc54)cc3)cc2)c1. The summed E-state index contributed by atoms with van der Waals surface area (Å²) in [6.45, 7) is 0. The Morgan fingerprint density at radius 1 is 0.396 bits per heavy atom. The van der Waals surface area contributed by atoms with E-state index in [1.165, 1.54) is 21.8 Å². The van der Waals surface area contributed by atoms with E-state index < -0.39 is 0 Å². The first-order chi connectivity index (χ1) is 23.7. The quantitative estimate of drug-likeness (QED) is 0.199. The summed E-state index contributed by atoms with van der Waals surface area (Å²) in [6, 6.07) is 59.0. The van der Waals surface area contributed by atoms with Crippen LogP contribution in [0.25, 0.3) is 77.2 Å². The molecule has 48 heavy (non-hydrogen) atoms. The van der Waals surface area contributed by atoms with E-state index in [1.54, 1.807) is 6.07 Å². The van der Waals surface area contributed by atoms with Crippen molar-refractivity contribution in [2.45, 2.75) is 0 Å². The van der Waals surface area contributed by atoms with Gasteiger partial charge in [-0.05, 0) is 65.2 Å². The molecule has 0 amide bonds. The van der Waals surface area contributed by atoms with Crippen molar-refractivity contribution < 1.29 is 0 Å². The van der Waals surface area contributed by atoms with E-state index in [4.69, 9.17) is 0 Å². The molecule has 222 valence electrons. The van der Waals surface area contributed by atoms with Gasteiger partial charge in [0.25, 0.3) is 0 Å². The van der Waals surface area contributed by atoms with Gasteiger partial charge < -0.3 is 9.13 Å².